The van der Waals surface area contributed by atoms with Gasteiger partial charge in [0.1, 0.15) is 11.6 Å². The van der Waals surface area contributed by atoms with E-state index in [-0.39, 0.29) is 18.1 Å². The largest absolute Gasteiger partial charge is 0.459 e. The van der Waals surface area contributed by atoms with Gasteiger partial charge in [-0.1, -0.05) is 30.3 Å². The van der Waals surface area contributed by atoms with Crippen LogP contribution in [0.3, 0.4) is 0 Å². The number of hydrogen-bond acceptors (Lipinski definition) is 4. The molecule has 1 aromatic rings. The molecule has 0 aliphatic rings. The summed E-state index contributed by atoms with van der Waals surface area (Å²) < 4.78 is 5.31. The molecular weight excluding hydrogens is 252 g/mol. The van der Waals surface area contributed by atoms with E-state index in [1.54, 1.807) is 6.92 Å². The third-order valence-corrected chi connectivity index (χ3v) is 2.79. The molecule has 0 radical (unpaired) electrons. The van der Waals surface area contributed by atoms with E-state index < -0.39 is 5.60 Å². The molecule has 0 aliphatic heterocycles. The molecular formula is C16H26N2O2. The van der Waals surface area contributed by atoms with E-state index in [2.05, 4.69) is 17.4 Å². The highest BCUT2D eigenvalue weighted by molar-refractivity contribution is 5.75. The number of carbonyl (C=O) groups excluding carboxylic acids is 1. The molecule has 4 heteroatoms. The van der Waals surface area contributed by atoms with Gasteiger partial charge in [0.15, 0.2) is 0 Å². The molecule has 2 atom stereocenters. The van der Waals surface area contributed by atoms with Crippen LogP contribution >= 0.6 is 0 Å². The summed E-state index contributed by atoms with van der Waals surface area (Å²) in [6, 6.07) is 9.71. The Hall–Kier alpha value is -1.39. The van der Waals surface area contributed by atoms with Crippen molar-refractivity contribution in [3.63, 3.8) is 0 Å². The lowest BCUT2D eigenvalue weighted by atomic mass is 10.1. The maximum atomic E-state index is 11.8. The molecule has 0 fully saturated rings. The summed E-state index contributed by atoms with van der Waals surface area (Å²) in [4.78, 5) is 11.8. The second-order valence-electron chi connectivity index (χ2n) is 6.11. The summed E-state index contributed by atoms with van der Waals surface area (Å²) in [7, 11) is 0. The van der Waals surface area contributed by atoms with Crippen molar-refractivity contribution < 1.29 is 9.53 Å². The third-order valence-electron chi connectivity index (χ3n) is 2.79. The summed E-state index contributed by atoms with van der Waals surface area (Å²) in [5.41, 5.74) is 6.81. The highest BCUT2D eigenvalue weighted by Gasteiger charge is 2.21. The van der Waals surface area contributed by atoms with E-state index in [4.69, 9.17) is 10.5 Å². The van der Waals surface area contributed by atoms with Crippen LogP contribution in [-0.2, 0) is 16.0 Å². The second kappa shape index (κ2) is 7.41. The van der Waals surface area contributed by atoms with Crippen LogP contribution in [0.2, 0.25) is 0 Å². The summed E-state index contributed by atoms with van der Waals surface area (Å²) >= 11 is 0. The molecule has 112 valence electrons. The van der Waals surface area contributed by atoms with Gasteiger partial charge in [-0.2, -0.15) is 0 Å². The summed E-state index contributed by atoms with van der Waals surface area (Å²) in [6.07, 6.45) is 0.787. The predicted molar refractivity (Wildman–Crippen MR) is 81.4 cm³/mol. The Morgan fingerprint density at radius 3 is 2.45 bits per heavy atom. The van der Waals surface area contributed by atoms with Crippen molar-refractivity contribution in [1.29, 1.82) is 0 Å². The number of esters is 1. The normalized spacial score (nSPS) is 14.7. The molecule has 0 spiro atoms. The van der Waals surface area contributed by atoms with E-state index in [0.717, 1.165) is 6.42 Å². The number of ether oxygens (including phenoxy) is 1. The van der Waals surface area contributed by atoms with Gasteiger partial charge in [-0.05, 0) is 39.7 Å². The van der Waals surface area contributed by atoms with Crippen LogP contribution in [0, 0.1) is 0 Å². The summed E-state index contributed by atoms with van der Waals surface area (Å²) in [5, 5.41) is 3.13. The Kier molecular flexibility index (Phi) is 6.17. The van der Waals surface area contributed by atoms with Gasteiger partial charge in [0.05, 0.1) is 0 Å². The van der Waals surface area contributed by atoms with Crippen LogP contribution in [0.15, 0.2) is 30.3 Å². The van der Waals surface area contributed by atoms with E-state index in [9.17, 15) is 4.79 Å². The van der Waals surface area contributed by atoms with Crippen LogP contribution < -0.4 is 11.1 Å². The molecule has 1 aromatic carbocycles. The number of carbonyl (C=O) groups is 1. The minimum absolute atomic E-state index is 0.0257. The number of rotatable bonds is 6. The molecule has 0 saturated carbocycles. The Labute approximate surface area is 121 Å². The SMILES string of the molecule is C[C@H](NC[C@@H](N)Cc1ccccc1)C(=O)OC(C)(C)C. The summed E-state index contributed by atoms with van der Waals surface area (Å²) in [5.74, 6) is -0.246. The van der Waals surface area contributed by atoms with Crippen LogP contribution in [0.4, 0.5) is 0 Å². The van der Waals surface area contributed by atoms with E-state index >= 15 is 0 Å². The first-order valence-electron chi connectivity index (χ1n) is 7.03. The molecule has 0 unspecified atom stereocenters. The zero-order valence-electron chi connectivity index (χ0n) is 12.8. The smallest absolute Gasteiger partial charge is 0.323 e. The number of benzene rings is 1. The van der Waals surface area contributed by atoms with Crippen LogP contribution in [0.1, 0.15) is 33.3 Å². The van der Waals surface area contributed by atoms with Gasteiger partial charge in [0, 0.05) is 12.6 Å². The second-order valence-corrected chi connectivity index (χ2v) is 6.11. The molecule has 3 N–H and O–H groups in total. The number of nitrogens with two attached hydrogens (primary N) is 1. The molecule has 0 bridgehead atoms. The van der Waals surface area contributed by atoms with Crippen LogP contribution in [-0.4, -0.2) is 30.2 Å². The van der Waals surface area contributed by atoms with Crippen molar-refractivity contribution in [2.45, 2.75) is 51.8 Å². The molecule has 0 saturated heterocycles. The van der Waals surface area contributed by atoms with Crippen molar-refractivity contribution in [3.8, 4) is 0 Å². The first-order valence-corrected chi connectivity index (χ1v) is 7.03. The van der Waals surface area contributed by atoms with Crippen molar-refractivity contribution in [2.24, 2.45) is 5.73 Å². The molecule has 0 amide bonds. The zero-order valence-corrected chi connectivity index (χ0v) is 12.8. The molecule has 20 heavy (non-hydrogen) atoms. The van der Waals surface area contributed by atoms with Gasteiger partial charge in [0.2, 0.25) is 0 Å². The van der Waals surface area contributed by atoms with Crippen LogP contribution in [0.5, 0.6) is 0 Å². The van der Waals surface area contributed by atoms with Crippen LogP contribution in [0.25, 0.3) is 0 Å². The highest BCUT2D eigenvalue weighted by atomic mass is 16.6. The highest BCUT2D eigenvalue weighted by Crippen LogP contribution is 2.08. The number of hydrogen-bond donors (Lipinski definition) is 2. The first kappa shape index (κ1) is 16.7. The Morgan fingerprint density at radius 2 is 1.90 bits per heavy atom. The lowest BCUT2D eigenvalue weighted by Crippen LogP contribution is -2.45. The van der Waals surface area contributed by atoms with E-state index in [1.165, 1.54) is 5.56 Å². The predicted octanol–water partition coefficient (Wildman–Crippen LogP) is 1.88. The standard InChI is InChI=1S/C16H26N2O2/c1-12(15(19)20-16(2,3)4)18-11-14(17)10-13-8-6-5-7-9-13/h5-9,12,14,18H,10-11,17H2,1-4H3/t12-,14-/m0/s1. The fourth-order valence-corrected chi connectivity index (χ4v) is 1.79. The Balaban J connectivity index is 2.33. The lowest BCUT2D eigenvalue weighted by Gasteiger charge is -2.23. The fourth-order valence-electron chi connectivity index (χ4n) is 1.79. The first-order chi connectivity index (χ1) is 9.28. The number of nitrogens with one attached hydrogen (secondary N) is 1. The van der Waals surface area contributed by atoms with Gasteiger partial charge in [-0.3, -0.25) is 4.79 Å². The van der Waals surface area contributed by atoms with Gasteiger partial charge in [-0.25, -0.2) is 0 Å². The molecule has 1 rings (SSSR count). The maximum Gasteiger partial charge on any atom is 0.323 e. The maximum absolute atomic E-state index is 11.8. The van der Waals surface area contributed by atoms with Gasteiger partial charge >= 0.3 is 5.97 Å². The van der Waals surface area contributed by atoms with E-state index in [1.807, 2.05) is 39.0 Å². The minimum Gasteiger partial charge on any atom is -0.459 e. The van der Waals surface area contributed by atoms with E-state index in [0.29, 0.717) is 6.54 Å². The monoisotopic (exact) mass is 278 g/mol. The van der Waals surface area contributed by atoms with Gasteiger partial charge in [0.25, 0.3) is 0 Å². The lowest BCUT2D eigenvalue weighted by molar-refractivity contribution is -0.156. The average molecular weight is 278 g/mol. The van der Waals surface area contributed by atoms with Crippen molar-refractivity contribution in [1.82, 2.24) is 5.32 Å². The minimum atomic E-state index is -0.459. The Morgan fingerprint density at radius 1 is 1.30 bits per heavy atom. The zero-order chi connectivity index (χ0) is 15.2. The van der Waals surface area contributed by atoms with Gasteiger partial charge < -0.3 is 15.8 Å². The molecule has 0 aromatic heterocycles. The fraction of sp³-hybridized carbons (Fsp3) is 0.562. The molecule has 0 aliphatic carbocycles. The van der Waals surface area contributed by atoms with Crippen molar-refractivity contribution in [3.05, 3.63) is 35.9 Å². The quantitative estimate of drug-likeness (QED) is 0.780. The van der Waals surface area contributed by atoms with Crippen molar-refractivity contribution in [2.75, 3.05) is 6.54 Å². The molecule has 0 heterocycles. The van der Waals surface area contributed by atoms with Crippen molar-refractivity contribution >= 4 is 5.97 Å². The van der Waals surface area contributed by atoms with Gasteiger partial charge in [-0.15, -0.1) is 0 Å². The summed E-state index contributed by atoms with van der Waals surface area (Å²) in [6.45, 7) is 7.95. The third kappa shape index (κ3) is 6.68. The molecule has 4 nitrogen and oxygen atoms in total. The Bertz CT molecular complexity index is 412. The average Bonchev–Trinajstić information content (AvgIpc) is 2.35. The topological polar surface area (TPSA) is 64.3 Å².